The number of anilines is 1. The van der Waals surface area contributed by atoms with Crippen molar-refractivity contribution in [2.45, 2.75) is 58.1 Å². The monoisotopic (exact) mass is 447 g/mol. The Bertz CT molecular complexity index is 1040. The van der Waals surface area contributed by atoms with Crippen LogP contribution in [0.2, 0.25) is 0 Å². The summed E-state index contributed by atoms with van der Waals surface area (Å²) in [7, 11) is 1.59. The number of hydrogen-bond donors (Lipinski definition) is 3. The van der Waals surface area contributed by atoms with Gasteiger partial charge in [-0.2, -0.15) is 0 Å². The molecule has 0 atom stereocenters. The number of Topliss-reactive ketones (excluding diaryl/α,β-unsaturated/α-hetero) is 1. The van der Waals surface area contributed by atoms with E-state index >= 15 is 0 Å². The van der Waals surface area contributed by atoms with E-state index < -0.39 is 24.0 Å². The number of aromatic nitrogens is 1. The zero-order valence-electron chi connectivity index (χ0n) is 18.2. The quantitative estimate of drug-likeness (QED) is 0.467. The van der Waals surface area contributed by atoms with Gasteiger partial charge in [0.25, 0.3) is 24.0 Å². The van der Waals surface area contributed by atoms with Gasteiger partial charge in [-0.3, -0.25) is 14.4 Å². The number of amides is 2. The van der Waals surface area contributed by atoms with Crippen LogP contribution in [-0.2, 0) is 11.8 Å². The number of carbonyl (C=O) groups is 3. The molecule has 1 aromatic carbocycles. The number of ketones is 1. The molecule has 3 rings (SSSR count). The molecule has 1 heterocycles. The van der Waals surface area contributed by atoms with E-state index in [1.165, 1.54) is 28.8 Å². The fraction of sp³-hybridized carbons (Fsp3) is 0.435. The number of alkyl halides is 2. The van der Waals surface area contributed by atoms with Crippen LogP contribution in [0.1, 0.15) is 69.8 Å². The summed E-state index contributed by atoms with van der Waals surface area (Å²) in [5, 5.41) is 14.9. The molecule has 1 aromatic heterocycles. The predicted octanol–water partition coefficient (Wildman–Crippen LogP) is 3.43. The van der Waals surface area contributed by atoms with Gasteiger partial charge in [-0.05, 0) is 57.2 Å². The van der Waals surface area contributed by atoms with Gasteiger partial charge in [0.15, 0.2) is 0 Å². The molecule has 9 heteroatoms. The molecule has 0 unspecified atom stereocenters. The van der Waals surface area contributed by atoms with Crippen molar-refractivity contribution in [3.8, 4) is 0 Å². The molecule has 0 radical (unpaired) electrons. The van der Waals surface area contributed by atoms with Crippen molar-refractivity contribution < 1.29 is 28.3 Å². The molecule has 7 nitrogen and oxygen atoms in total. The molecular weight excluding hydrogens is 420 g/mol. The van der Waals surface area contributed by atoms with Crippen LogP contribution in [0.3, 0.4) is 0 Å². The van der Waals surface area contributed by atoms with Crippen LogP contribution < -0.4 is 10.6 Å². The van der Waals surface area contributed by atoms with Gasteiger partial charge in [-0.1, -0.05) is 12.1 Å². The lowest BCUT2D eigenvalue weighted by atomic mass is 9.93. The topological polar surface area (TPSA) is 100 Å². The Kier molecular flexibility index (Phi) is 7.08. The van der Waals surface area contributed by atoms with Gasteiger partial charge in [0.2, 0.25) is 0 Å². The molecule has 172 valence electrons. The predicted molar refractivity (Wildman–Crippen MR) is 115 cm³/mol. The number of nitrogens with one attached hydrogen (secondary N) is 2. The summed E-state index contributed by atoms with van der Waals surface area (Å²) >= 11 is 0. The maximum atomic E-state index is 12.9. The number of nitrogens with zero attached hydrogens (tertiary/aromatic N) is 1. The van der Waals surface area contributed by atoms with Crippen molar-refractivity contribution in [1.29, 1.82) is 0 Å². The van der Waals surface area contributed by atoms with Crippen LogP contribution in [0.15, 0.2) is 24.3 Å². The maximum Gasteiger partial charge on any atom is 0.294 e. The first-order valence-electron chi connectivity index (χ1n) is 10.5. The molecule has 0 bridgehead atoms. The number of carbonyl (C=O) groups excluding carboxylic acids is 3. The Labute approximate surface area is 184 Å². The van der Waals surface area contributed by atoms with E-state index in [4.69, 9.17) is 0 Å². The minimum atomic E-state index is -2.66. The fourth-order valence-electron chi connectivity index (χ4n) is 4.16. The summed E-state index contributed by atoms with van der Waals surface area (Å²) in [6.45, 7) is 3.23. The van der Waals surface area contributed by atoms with Gasteiger partial charge in [0.1, 0.15) is 0 Å². The van der Waals surface area contributed by atoms with Crippen molar-refractivity contribution in [1.82, 2.24) is 9.88 Å². The van der Waals surface area contributed by atoms with Gasteiger partial charge in [-0.25, -0.2) is 8.78 Å². The van der Waals surface area contributed by atoms with Gasteiger partial charge >= 0.3 is 0 Å². The molecule has 1 saturated carbocycles. The average Bonchev–Trinajstić information content (AvgIpc) is 2.97. The Balaban J connectivity index is 1.80. The van der Waals surface area contributed by atoms with E-state index in [0.717, 1.165) is 0 Å². The molecule has 1 aliphatic carbocycles. The molecule has 0 aliphatic heterocycles. The SMILES string of the molecule is Cc1c(C(=O)Nc2cccc(C(F)F)c2)c(C)n(C)c1C(=O)C(=O)N[C@H]1CC[C@H](O)CC1. The Morgan fingerprint density at radius 2 is 1.78 bits per heavy atom. The van der Waals surface area contributed by atoms with E-state index in [1.54, 1.807) is 20.9 Å². The molecule has 1 fully saturated rings. The molecule has 2 amide bonds. The Morgan fingerprint density at radius 3 is 2.41 bits per heavy atom. The third-order valence-electron chi connectivity index (χ3n) is 6.01. The molecule has 3 N–H and O–H groups in total. The van der Waals surface area contributed by atoms with Gasteiger partial charge < -0.3 is 20.3 Å². The molecular formula is C23H27F2N3O4. The second kappa shape index (κ2) is 9.60. The van der Waals surface area contributed by atoms with Gasteiger partial charge in [0.05, 0.1) is 17.4 Å². The van der Waals surface area contributed by atoms with E-state index in [-0.39, 0.29) is 34.7 Å². The van der Waals surface area contributed by atoms with Crippen molar-refractivity contribution in [3.05, 3.63) is 52.3 Å². The third kappa shape index (κ3) is 4.88. The van der Waals surface area contributed by atoms with Crippen LogP contribution >= 0.6 is 0 Å². The summed E-state index contributed by atoms with van der Waals surface area (Å²) in [6, 6.07) is 5.20. The van der Waals surface area contributed by atoms with Crippen LogP contribution in [0.25, 0.3) is 0 Å². The summed E-state index contributed by atoms with van der Waals surface area (Å²) in [4.78, 5) is 38.4. The lowest BCUT2D eigenvalue weighted by Crippen LogP contribution is -2.42. The summed E-state index contributed by atoms with van der Waals surface area (Å²) < 4.78 is 27.4. The van der Waals surface area contributed by atoms with Crippen LogP contribution in [-0.4, -0.2) is 39.4 Å². The number of halogens is 2. The van der Waals surface area contributed by atoms with E-state index in [1.807, 2.05) is 0 Å². The highest BCUT2D eigenvalue weighted by atomic mass is 19.3. The molecule has 1 aliphatic rings. The highest BCUT2D eigenvalue weighted by Gasteiger charge is 2.30. The Morgan fingerprint density at radius 1 is 1.12 bits per heavy atom. The number of rotatable bonds is 6. The highest BCUT2D eigenvalue weighted by Crippen LogP contribution is 2.26. The summed E-state index contributed by atoms with van der Waals surface area (Å²) in [5.41, 5.74) is 1.12. The average molecular weight is 447 g/mol. The number of hydrogen-bond acceptors (Lipinski definition) is 4. The lowest BCUT2D eigenvalue weighted by Gasteiger charge is -2.25. The maximum absolute atomic E-state index is 12.9. The number of benzene rings is 1. The summed E-state index contributed by atoms with van der Waals surface area (Å²) in [6.07, 6.45) is -0.717. The van der Waals surface area contributed by atoms with E-state index in [0.29, 0.717) is 36.9 Å². The first-order valence-corrected chi connectivity index (χ1v) is 10.5. The normalized spacial score (nSPS) is 18.5. The van der Waals surface area contributed by atoms with Crippen LogP contribution in [0, 0.1) is 13.8 Å². The highest BCUT2D eigenvalue weighted by molar-refractivity contribution is 6.43. The first kappa shape index (κ1) is 23.6. The molecule has 2 aromatic rings. The number of aliphatic hydroxyl groups excluding tert-OH is 1. The van der Waals surface area contributed by atoms with Crippen molar-refractivity contribution in [3.63, 3.8) is 0 Å². The second-order valence-corrected chi connectivity index (χ2v) is 8.18. The van der Waals surface area contributed by atoms with Crippen molar-refractivity contribution >= 4 is 23.3 Å². The van der Waals surface area contributed by atoms with Crippen molar-refractivity contribution in [2.75, 3.05) is 5.32 Å². The molecule has 0 saturated heterocycles. The number of aliphatic hydroxyl groups is 1. The Hall–Kier alpha value is -3.07. The fourth-order valence-corrected chi connectivity index (χ4v) is 4.16. The summed E-state index contributed by atoms with van der Waals surface area (Å²) in [5.74, 6) is -2.06. The first-order chi connectivity index (χ1) is 15.1. The molecule has 32 heavy (non-hydrogen) atoms. The smallest absolute Gasteiger partial charge is 0.294 e. The second-order valence-electron chi connectivity index (χ2n) is 8.18. The zero-order valence-corrected chi connectivity index (χ0v) is 18.2. The molecule has 0 spiro atoms. The minimum Gasteiger partial charge on any atom is -0.393 e. The standard InChI is InChI=1S/C23H27F2N3O4/c1-12-18(22(31)27-16-6-4-5-14(11-16)21(24)25)13(2)28(3)19(12)20(30)23(32)26-15-7-9-17(29)10-8-15/h4-6,11,15,17,21,29H,7-10H2,1-3H3,(H,26,32)(H,27,31)/t15-,17-. The largest absolute Gasteiger partial charge is 0.393 e. The third-order valence-corrected chi connectivity index (χ3v) is 6.01. The minimum absolute atomic E-state index is 0.0994. The van der Waals surface area contributed by atoms with Crippen LogP contribution in [0.5, 0.6) is 0 Å². The van der Waals surface area contributed by atoms with E-state index in [2.05, 4.69) is 10.6 Å². The lowest BCUT2D eigenvalue weighted by molar-refractivity contribution is -0.118. The van der Waals surface area contributed by atoms with E-state index in [9.17, 15) is 28.3 Å². The zero-order chi connectivity index (χ0) is 23.6. The van der Waals surface area contributed by atoms with Gasteiger partial charge in [-0.15, -0.1) is 0 Å². The van der Waals surface area contributed by atoms with Crippen molar-refractivity contribution in [2.24, 2.45) is 7.05 Å². The van der Waals surface area contributed by atoms with Crippen LogP contribution in [0.4, 0.5) is 14.5 Å². The van der Waals surface area contributed by atoms with Gasteiger partial charge in [0, 0.05) is 30.0 Å².